The van der Waals surface area contributed by atoms with Crippen LogP contribution in [0.1, 0.15) is 49.1 Å². The highest BCUT2D eigenvalue weighted by molar-refractivity contribution is 6.20. The van der Waals surface area contributed by atoms with Crippen molar-refractivity contribution < 1.29 is 4.79 Å². The quantitative estimate of drug-likeness (QED) is 0.544. The highest BCUT2D eigenvalue weighted by Gasteiger charge is 2.07. The number of hydrogen-bond acceptors (Lipinski definition) is 1. The summed E-state index contributed by atoms with van der Waals surface area (Å²) in [7, 11) is 0. The number of rotatable bonds is 5. The topological polar surface area (TPSA) is 17.1 Å². The van der Waals surface area contributed by atoms with Gasteiger partial charge in [-0.15, -0.1) is 11.6 Å². The van der Waals surface area contributed by atoms with Crippen LogP contribution < -0.4 is 0 Å². The minimum atomic E-state index is -0.0450. The molecule has 0 aliphatic heterocycles. The van der Waals surface area contributed by atoms with E-state index in [0.717, 1.165) is 11.8 Å². The van der Waals surface area contributed by atoms with E-state index in [1.807, 2.05) is 0 Å². The molecule has 2 heteroatoms. The fourth-order valence-electron chi connectivity index (χ4n) is 1.47. The number of halogens is 1. The maximum atomic E-state index is 10.2. The molecule has 1 atom stereocenters. The summed E-state index contributed by atoms with van der Waals surface area (Å²) in [6.07, 6.45) is 2.16. The summed E-state index contributed by atoms with van der Waals surface area (Å²) in [5.74, 6) is 0.544. The highest BCUT2D eigenvalue weighted by atomic mass is 35.5. The molecule has 0 fully saturated rings. The molecule has 0 amide bonds. The van der Waals surface area contributed by atoms with Crippen molar-refractivity contribution in [2.75, 3.05) is 0 Å². The van der Waals surface area contributed by atoms with Crippen LogP contribution in [0, 0.1) is 0 Å². The van der Waals surface area contributed by atoms with Crippen LogP contribution >= 0.6 is 11.6 Å². The molecule has 0 heterocycles. The Hall–Kier alpha value is -0.820. The van der Waals surface area contributed by atoms with Gasteiger partial charge in [0.15, 0.2) is 0 Å². The van der Waals surface area contributed by atoms with Gasteiger partial charge in [-0.2, -0.15) is 0 Å². The van der Waals surface area contributed by atoms with Crippen molar-refractivity contribution in [3.63, 3.8) is 0 Å². The van der Waals surface area contributed by atoms with Crippen molar-refractivity contribution in [3.8, 4) is 0 Å². The molecule has 1 unspecified atom stereocenters. The Bertz CT molecular complexity index is 303. The highest BCUT2D eigenvalue weighted by Crippen LogP contribution is 2.26. The van der Waals surface area contributed by atoms with Gasteiger partial charge in [0.25, 0.3) is 0 Å². The first-order valence-electron chi connectivity index (χ1n) is 5.32. The Morgan fingerprint density at radius 2 is 1.73 bits per heavy atom. The average molecular weight is 225 g/mol. The van der Waals surface area contributed by atoms with Crippen LogP contribution in [0.25, 0.3) is 0 Å². The van der Waals surface area contributed by atoms with Crippen LogP contribution in [0.3, 0.4) is 0 Å². The average Bonchev–Trinajstić information content (AvgIpc) is 2.26. The normalized spacial score (nSPS) is 12.8. The molecule has 15 heavy (non-hydrogen) atoms. The van der Waals surface area contributed by atoms with Gasteiger partial charge in [0.05, 0.1) is 5.38 Å². The fourth-order valence-corrected chi connectivity index (χ4v) is 1.74. The first-order valence-corrected chi connectivity index (χ1v) is 5.76. The fraction of sp³-hybridized carbons (Fsp3) is 0.462. The molecule has 1 aromatic carbocycles. The molecular weight excluding hydrogens is 208 g/mol. The summed E-state index contributed by atoms with van der Waals surface area (Å²) < 4.78 is 0. The van der Waals surface area contributed by atoms with Crippen molar-refractivity contribution in [1.29, 1.82) is 0 Å². The summed E-state index contributed by atoms with van der Waals surface area (Å²) in [5, 5.41) is -0.0450. The number of aldehydes is 1. The smallest absolute Gasteiger partial charge is 0.120 e. The predicted molar refractivity (Wildman–Crippen MR) is 64.4 cm³/mol. The van der Waals surface area contributed by atoms with Crippen molar-refractivity contribution in [1.82, 2.24) is 0 Å². The Morgan fingerprint density at radius 3 is 2.20 bits per heavy atom. The molecule has 0 saturated heterocycles. The predicted octanol–water partition coefficient (Wildman–Crippen LogP) is 4.07. The van der Waals surface area contributed by atoms with Crippen LogP contribution in [0.5, 0.6) is 0 Å². The van der Waals surface area contributed by atoms with E-state index in [-0.39, 0.29) is 5.38 Å². The molecule has 0 bridgehead atoms. The maximum Gasteiger partial charge on any atom is 0.120 e. The molecule has 0 aliphatic rings. The van der Waals surface area contributed by atoms with E-state index < -0.39 is 0 Å². The van der Waals surface area contributed by atoms with Gasteiger partial charge in [0.1, 0.15) is 6.29 Å². The second kappa shape index (κ2) is 5.92. The Balaban J connectivity index is 2.66. The van der Waals surface area contributed by atoms with Crippen LogP contribution in [0.4, 0.5) is 0 Å². The molecule has 0 aliphatic carbocycles. The zero-order chi connectivity index (χ0) is 11.3. The Kier molecular flexibility index (Phi) is 4.83. The summed E-state index contributed by atoms with van der Waals surface area (Å²) in [5.41, 5.74) is 2.42. The van der Waals surface area contributed by atoms with Gasteiger partial charge in [-0.1, -0.05) is 38.1 Å². The number of alkyl halides is 1. The van der Waals surface area contributed by atoms with E-state index in [9.17, 15) is 4.79 Å². The van der Waals surface area contributed by atoms with E-state index >= 15 is 0 Å². The van der Waals surface area contributed by atoms with Gasteiger partial charge >= 0.3 is 0 Å². The molecule has 0 saturated carbocycles. The summed E-state index contributed by atoms with van der Waals surface area (Å²) >= 11 is 6.16. The largest absolute Gasteiger partial charge is 0.303 e. The van der Waals surface area contributed by atoms with Crippen LogP contribution in [-0.2, 0) is 4.79 Å². The number of benzene rings is 1. The molecule has 0 aromatic heterocycles. The van der Waals surface area contributed by atoms with E-state index in [1.54, 1.807) is 0 Å². The zero-order valence-electron chi connectivity index (χ0n) is 9.24. The Labute approximate surface area is 96.5 Å². The third-order valence-corrected chi connectivity index (χ3v) is 2.97. The molecule has 0 radical (unpaired) electrons. The minimum absolute atomic E-state index is 0.0450. The van der Waals surface area contributed by atoms with Crippen LogP contribution in [0.2, 0.25) is 0 Å². The third-order valence-electron chi connectivity index (χ3n) is 2.50. The summed E-state index contributed by atoms with van der Waals surface area (Å²) in [4.78, 5) is 10.2. The lowest BCUT2D eigenvalue weighted by Crippen LogP contribution is -1.93. The molecule has 0 N–H and O–H groups in total. The first kappa shape index (κ1) is 12.3. The van der Waals surface area contributed by atoms with Crippen LogP contribution in [-0.4, -0.2) is 6.29 Å². The van der Waals surface area contributed by atoms with Crippen molar-refractivity contribution in [2.45, 2.75) is 38.0 Å². The second-order valence-corrected chi connectivity index (χ2v) is 4.56. The standard InChI is InChI=1S/C13H17ClO/c1-10(2)11-5-7-12(8-6-11)13(14)4-3-9-15/h5-10,13H,3-4H2,1-2H3. The number of hydrogen-bond donors (Lipinski definition) is 0. The van der Waals surface area contributed by atoms with Crippen molar-refractivity contribution >= 4 is 17.9 Å². The molecule has 1 aromatic rings. The lowest BCUT2D eigenvalue weighted by Gasteiger charge is -2.10. The minimum Gasteiger partial charge on any atom is -0.303 e. The Morgan fingerprint density at radius 1 is 1.20 bits per heavy atom. The van der Waals surface area contributed by atoms with Crippen LogP contribution in [0.15, 0.2) is 24.3 Å². The van der Waals surface area contributed by atoms with Crippen molar-refractivity contribution in [2.24, 2.45) is 0 Å². The lowest BCUT2D eigenvalue weighted by atomic mass is 10.00. The molecule has 82 valence electrons. The summed E-state index contributed by atoms with van der Waals surface area (Å²) in [6, 6.07) is 8.32. The van der Waals surface area contributed by atoms with Gasteiger partial charge in [-0.25, -0.2) is 0 Å². The van der Waals surface area contributed by atoms with E-state index in [1.165, 1.54) is 5.56 Å². The zero-order valence-corrected chi connectivity index (χ0v) is 10.00. The molecule has 1 nitrogen and oxygen atoms in total. The third kappa shape index (κ3) is 3.67. The van der Waals surface area contributed by atoms with E-state index in [2.05, 4.69) is 38.1 Å². The monoisotopic (exact) mass is 224 g/mol. The van der Waals surface area contributed by atoms with Gasteiger partial charge < -0.3 is 4.79 Å². The van der Waals surface area contributed by atoms with Gasteiger partial charge in [0, 0.05) is 6.42 Å². The lowest BCUT2D eigenvalue weighted by molar-refractivity contribution is -0.107. The maximum absolute atomic E-state index is 10.2. The first-order chi connectivity index (χ1) is 7.15. The van der Waals surface area contributed by atoms with Gasteiger partial charge in [0.2, 0.25) is 0 Å². The second-order valence-electron chi connectivity index (χ2n) is 4.03. The molecular formula is C13H17ClO. The van der Waals surface area contributed by atoms with E-state index in [4.69, 9.17) is 11.6 Å². The summed E-state index contributed by atoms with van der Waals surface area (Å²) in [6.45, 7) is 4.33. The van der Waals surface area contributed by atoms with Gasteiger partial charge in [-0.05, 0) is 23.5 Å². The van der Waals surface area contributed by atoms with Gasteiger partial charge in [-0.3, -0.25) is 0 Å². The molecule has 0 spiro atoms. The van der Waals surface area contributed by atoms with E-state index in [0.29, 0.717) is 18.8 Å². The SMILES string of the molecule is CC(C)c1ccc(C(Cl)CCC=O)cc1. The number of carbonyl (C=O) groups excluding carboxylic acids is 1. The molecule has 1 rings (SSSR count). The van der Waals surface area contributed by atoms with Crippen molar-refractivity contribution in [3.05, 3.63) is 35.4 Å². The number of carbonyl (C=O) groups is 1.